The first-order valence-corrected chi connectivity index (χ1v) is 3.12. The third-order valence-corrected chi connectivity index (χ3v) is 1.30. The molecule has 0 aromatic heterocycles. The predicted molar refractivity (Wildman–Crippen MR) is 36.9 cm³/mol. The summed E-state index contributed by atoms with van der Waals surface area (Å²) >= 11 is 0. The van der Waals surface area contributed by atoms with Crippen molar-refractivity contribution >= 4 is 11.9 Å². The van der Waals surface area contributed by atoms with Gasteiger partial charge in [-0.1, -0.05) is 0 Å². The lowest BCUT2D eigenvalue weighted by molar-refractivity contribution is -0.118. The Morgan fingerprint density at radius 1 is 1.64 bits per heavy atom. The fourth-order valence-corrected chi connectivity index (χ4v) is 0.805. The summed E-state index contributed by atoms with van der Waals surface area (Å²) in [6, 6.07) is -0.409. The normalized spacial score (nSPS) is 18.0. The van der Waals surface area contributed by atoms with Gasteiger partial charge in [0, 0.05) is 6.54 Å². The molecule has 2 N–H and O–H groups in total. The lowest BCUT2D eigenvalue weighted by atomic mass is 10.5. The SMILES string of the molecule is O=C1CN(CC=CO)C(=O)N1. The molecule has 3 amide bonds. The molecule has 11 heavy (non-hydrogen) atoms. The van der Waals surface area contributed by atoms with Crippen LogP contribution in [0.4, 0.5) is 4.79 Å². The number of amides is 3. The maximum absolute atomic E-state index is 10.8. The Hall–Kier alpha value is -1.52. The molecule has 5 nitrogen and oxygen atoms in total. The zero-order valence-corrected chi connectivity index (χ0v) is 5.78. The van der Waals surface area contributed by atoms with Gasteiger partial charge in [-0.3, -0.25) is 10.1 Å². The fraction of sp³-hybridized carbons (Fsp3) is 0.333. The van der Waals surface area contributed by atoms with Crippen LogP contribution in [0, 0.1) is 0 Å². The summed E-state index contributed by atoms with van der Waals surface area (Å²) in [5.41, 5.74) is 0. The molecule has 0 unspecified atom stereocenters. The van der Waals surface area contributed by atoms with E-state index < -0.39 is 6.03 Å². The number of aliphatic hydroxyl groups is 1. The lowest BCUT2D eigenvalue weighted by Gasteiger charge is -2.07. The van der Waals surface area contributed by atoms with Crippen LogP contribution in [-0.4, -0.2) is 35.0 Å². The molecule has 0 atom stereocenters. The molecule has 0 aromatic rings. The summed E-state index contributed by atoms with van der Waals surface area (Å²) < 4.78 is 0. The molecule has 1 aliphatic heterocycles. The average molecular weight is 156 g/mol. The quantitative estimate of drug-likeness (QED) is 0.422. The zero-order chi connectivity index (χ0) is 8.27. The topological polar surface area (TPSA) is 69.6 Å². The molecule has 60 valence electrons. The molecule has 1 rings (SSSR count). The van der Waals surface area contributed by atoms with Crippen molar-refractivity contribution in [3.05, 3.63) is 12.3 Å². The highest BCUT2D eigenvalue weighted by Gasteiger charge is 2.24. The third kappa shape index (κ3) is 1.70. The van der Waals surface area contributed by atoms with Gasteiger partial charge in [0.1, 0.15) is 6.54 Å². The van der Waals surface area contributed by atoms with Gasteiger partial charge in [-0.2, -0.15) is 0 Å². The highest BCUT2D eigenvalue weighted by Crippen LogP contribution is 1.96. The van der Waals surface area contributed by atoms with Crippen LogP contribution < -0.4 is 5.32 Å². The van der Waals surface area contributed by atoms with Gasteiger partial charge in [0.25, 0.3) is 0 Å². The molecule has 5 heteroatoms. The molecule has 0 spiro atoms. The van der Waals surface area contributed by atoms with Crippen LogP contribution >= 0.6 is 0 Å². The molecule has 1 aliphatic rings. The smallest absolute Gasteiger partial charge is 0.324 e. The van der Waals surface area contributed by atoms with E-state index in [4.69, 9.17) is 5.11 Å². The van der Waals surface area contributed by atoms with Crippen LogP contribution in [0.25, 0.3) is 0 Å². The minimum atomic E-state index is -0.409. The minimum Gasteiger partial charge on any atom is -0.516 e. The molecule has 1 saturated heterocycles. The van der Waals surface area contributed by atoms with Crippen molar-refractivity contribution in [3.63, 3.8) is 0 Å². The van der Waals surface area contributed by atoms with Crippen LogP contribution in [-0.2, 0) is 4.79 Å². The Morgan fingerprint density at radius 3 is 2.82 bits per heavy atom. The van der Waals surface area contributed by atoms with Crippen molar-refractivity contribution in [2.45, 2.75) is 0 Å². The van der Waals surface area contributed by atoms with Gasteiger partial charge in [-0.05, 0) is 6.08 Å². The second-order valence-electron chi connectivity index (χ2n) is 2.12. The highest BCUT2D eigenvalue weighted by molar-refractivity contribution is 6.01. The summed E-state index contributed by atoms with van der Waals surface area (Å²) in [7, 11) is 0. The summed E-state index contributed by atoms with van der Waals surface area (Å²) in [6.07, 6.45) is 2.23. The van der Waals surface area contributed by atoms with Gasteiger partial charge >= 0.3 is 6.03 Å². The number of hydrogen-bond donors (Lipinski definition) is 2. The van der Waals surface area contributed by atoms with Gasteiger partial charge in [0.15, 0.2) is 0 Å². The van der Waals surface area contributed by atoms with Gasteiger partial charge in [0.05, 0.1) is 6.26 Å². The van der Waals surface area contributed by atoms with Gasteiger partial charge in [-0.15, -0.1) is 0 Å². The van der Waals surface area contributed by atoms with E-state index in [1.54, 1.807) is 0 Å². The van der Waals surface area contributed by atoms with Crippen LogP contribution in [0.1, 0.15) is 0 Å². The molecule has 0 saturated carbocycles. The van der Waals surface area contributed by atoms with Crippen molar-refractivity contribution in [2.24, 2.45) is 0 Å². The Kier molecular flexibility index (Phi) is 2.10. The van der Waals surface area contributed by atoms with E-state index in [2.05, 4.69) is 5.32 Å². The molecule has 0 bridgehead atoms. The molecule has 0 aliphatic carbocycles. The van der Waals surface area contributed by atoms with Crippen LogP contribution in [0.2, 0.25) is 0 Å². The Morgan fingerprint density at radius 2 is 2.36 bits per heavy atom. The van der Waals surface area contributed by atoms with Crippen molar-refractivity contribution in [2.75, 3.05) is 13.1 Å². The molecule has 0 aromatic carbocycles. The van der Waals surface area contributed by atoms with E-state index in [1.165, 1.54) is 11.0 Å². The van der Waals surface area contributed by atoms with Gasteiger partial charge in [0.2, 0.25) is 5.91 Å². The number of imide groups is 1. The summed E-state index contributed by atoms with van der Waals surface area (Å²) in [5, 5.41) is 10.4. The van der Waals surface area contributed by atoms with Crippen LogP contribution in [0.15, 0.2) is 12.3 Å². The Labute approximate surface area is 63.3 Å². The summed E-state index contributed by atoms with van der Waals surface area (Å²) in [4.78, 5) is 22.6. The Bertz CT molecular complexity index is 212. The predicted octanol–water partition coefficient (Wildman–Crippen LogP) is -0.390. The molecular weight excluding hydrogens is 148 g/mol. The van der Waals surface area contributed by atoms with E-state index in [-0.39, 0.29) is 19.0 Å². The number of nitrogens with one attached hydrogen (secondary N) is 1. The Balaban J connectivity index is 2.47. The van der Waals surface area contributed by atoms with E-state index in [0.29, 0.717) is 0 Å². The second kappa shape index (κ2) is 3.05. The number of rotatable bonds is 2. The van der Waals surface area contributed by atoms with E-state index >= 15 is 0 Å². The fourth-order valence-electron chi connectivity index (χ4n) is 0.805. The first kappa shape index (κ1) is 7.59. The summed E-state index contributed by atoms with van der Waals surface area (Å²) in [5.74, 6) is -0.304. The molecule has 1 heterocycles. The number of nitrogens with zero attached hydrogens (tertiary/aromatic N) is 1. The van der Waals surface area contributed by atoms with E-state index in [1.807, 2.05) is 0 Å². The van der Waals surface area contributed by atoms with E-state index in [0.717, 1.165) is 6.26 Å². The van der Waals surface area contributed by atoms with E-state index in [9.17, 15) is 9.59 Å². The zero-order valence-electron chi connectivity index (χ0n) is 5.78. The minimum absolute atomic E-state index is 0.0726. The molecule has 0 radical (unpaired) electrons. The maximum Gasteiger partial charge on any atom is 0.324 e. The van der Waals surface area contributed by atoms with Crippen molar-refractivity contribution in [1.82, 2.24) is 10.2 Å². The number of aliphatic hydroxyl groups excluding tert-OH is 1. The molecular formula is C6H8N2O3. The maximum atomic E-state index is 10.8. The first-order chi connectivity index (χ1) is 5.24. The van der Waals surface area contributed by atoms with Crippen molar-refractivity contribution < 1.29 is 14.7 Å². The van der Waals surface area contributed by atoms with Crippen LogP contribution in [0.3, 0.4) is 0 Å². The standard InChI is InChI=1S/C6H8N2O3/c9-3-1-2-8-4-5(10)7-6(8)11/h1,3,9H,2,4H2,(H,7,10,11). The van der Waals surface area contributed by atoms with Gasteiger partial charge in [-0.25, -0.2) is 4.79 Å². The average Bonchev–Trinajstić information content (AvgIpc) is 2.26. The largest absolute Gasteiger partial charge is 0.516 e. The number of carbonyl (C=O) groups is 2. The van der Waals surface area contributed by atoms with Crippen molar-refractivity contribution in [3.8, 4) is 0 Å². The summed E-state index contributed by atoms with van der Waals surface area (Å²) in [6.45, 7) is 0.331. The third-order valence-electron chi connectivity index (χ3n) is 1.30. The lowest BCUT2D eigenvalue weighted by Crippen LogP contribution is -2.28. The number of carbonyl (C=O) groups excluding carboxylic acids is 2. The second-order valence-corrected chi connectivity index (χ2v) is 2.12. The number of hydrogen-bond acceptors (Lipinski definition) is 3. The first-order valence-electron chi connectivity index (χ1n) is 3.12. The highest BCUT2D eigenvalue weighted by atomic mass is 16.2. The van der Waals surface area contributed by atoms with Gasteiger partial charge < -0.3 is 10.0 Å². The monoisotopic (exact) mass is 156 g/mol. The van der Waals surface area contributed by atoms with Crippen LogP contribution in [0.5, 0.6) is 0 Å². The molecule has 1 fully saturated rings. The number of urea groups is 1. The van der Waals surface area contributed by atoms with Crippen molar-refractivity contribution in [1.29, 1.82) is 0 Å².